The second-order valence-corrected chi connectivity index (χ2v) is 5.62. The van der Waals surface area contributed by atoms with Crippen LogP contribution in [0.5, 0.6) is 11.5 Å². The second kappa shape index (κ2) is 6.79. The van der Waals surface area contributed by atoms with Crippen LogP contribution in [0.1, 0.15) is 5.76 Å². The average Bonchev–Trinajstić information content (AvgIpc) is 3.33. The maximum Gasteiger partial charge on any atom is 0.161 e. The normalized spacial score (nSPS) is 10.8. The molecule has 0 spiro atoms. The molecule has 1 N–H and O–H groups in total. The highest BCUT2D eigenvalue weighted by atomic mass is 16.5. The lowest BCUT2D eigenvalue weighted by Gasteiger charge is -2.10. The molecule has 0 fully saturated rings. The number of aromatic nitrogens is 3. The molecule has 4 aromatic rings. The third kappa shape index (κ3) is 2.83. The molecule has 0 atom stereocenters. The summed E-state index contributed by atoms with van der Waals surface area (Å²) in [6.07, 6.45) is 6.98. The SMILES string of the molecule is COc1ccc(-c2nc3cnccn3c2NCc2ccco2)cc1OC. The van der Waals surface area contributed by atoms with Gasteiger partial charge in [-0.3, -0.25) is 9.38 Å². The molecular formula is C19H18N4O3. The van der Waals surface area contributed by atoms with Crippen molar-refractivity contribution in [2.75, 3.05) is 19.5 Å². The lowest BCUT2D eigenvalue weighted by Crippen LogP contribution is -2.02. The maximum absolute atomic E-state index is 5.42. The predicted octanol–water partition coefficient (Wildman–Crippen LogP) is 3.62. The van der Waals surface area contributed by atoms with E-state index in [0.29, 0.717) is 18.0 Å². The Bertz CT molecular complexity index is 1020. The van der Waals surface area contributed by atoms with E-state index >= 15 is 0 Å². The number of hydrogen-bond donors (Lipinski definition) is 1. The smallest absolute Gasteiger partial charge is 0.161 e. The first-order valence-electron chi connectivity index (χ1n) is 8.11. The van der Waals surface area contributed by atoms with Crippen LogP contribution in [0.2, 0.25) is 0 Å². The molecule has 7 nitrogen and oxygen atoms in total. The van der Waals surface area contributed by atoms with Crippen LogP contribution < -0.4 is 14.8 Å². The minimum absolute atomic E-state index is 0.545. The van der Waals surface area contributed by atoms with E-state index in [9.17, 15) is 0 Å². The third-order valence-corrected chi connectivity index (χ3v) is 4.10. The van der Waals surface area contributed by atoms with E-state index in [-0.39, 0.29) is 0 Å². The molecule has 26 heavy (non-hydrogen) atoms. The van der Waals surface area contributed by atoms with Crippen LogP contribution in [0.3, 0.4) is 0 Å². The van der Waals surface area contributed by atoms with Crippen LogP contribution in [0, 0.1) is 0 Å². The Hall–Kier alpha value is -3.48. The molecule has 132 valence electrons. The van der Waals surface area contributed by atoms with Gasteiger partial charge in [-0.05, 0) is 30.3 Å². The fourth-order valence-electron chi connectivity index (χ4n) is 2.84. The molecule has 0 aliphatic heterocycles. The summed E-state index contributed by atoms with van der Waals surface area (Å²) in [5, 5.41) is 3.41. The van der Waals surface area contributed by atoms with Crippen LogP contribution >= 0.6 is 0 Å². The maximum atomic E-state index is 5.42. The van der Waals surface area contributed by atoms with Crippen molar-refractivity contribution < 1.29 is 13.9 Å². The zero-order chi connectivity index (χ0) is 17.9. The van der Waals surface area contributed by atoms with E-state index in [4.69, 9.17) is 18.9 Å². The summed E-state index contributed by atoms with van der Waals surface area (Å²) in [5.74, 6) is 3.02. The van der Waals surface area contributed by atoms with Gasteiger partial charge in [0.1, 0.15) is 17.3 Å². The van der Waals surface area contributed by atoms with E-state index < -0.39 is 0 Å². The Balaban J connectivity index is 1.80. The number of benzene rings is 1. The molecule has 7 heteroatoms. The van der Waals surface area contributed by atoms with E-state index in [2.05, 4.69) is 10.3 Å². The summed E-state index contributed by atoms with van der Waals surface area (Å²) >= 11 is 0. The third-order valence-electron chi connectivity index (χ3n) is 4.10. The summed E-state index contributed by atoms with van der Waals surface area (Å²) in [4.78, 5) is 8.88. The summed E-state index contributed by atoms with van der Waals surface area (Å²) in [7, 11) is 3.23. The van der Waals surface area contributed by atoms with Gasteiger partial charge in [0, 0.05) is 18.0 Å². The van der Waals surface area contributed by atoms with Crippen LogP contribution in [-0.4, -0.2) is 28.6 Å². The largest absolute Gasteiger partial charge is 0.493 e. The van der Waals surface area contributed by atoms with E-state index in [1.165, 1.54) is 0 Å². The van der Waals surface area contributed by atoms with E-state index in [1.54, 1.807) is 32.9 Å². The highest BCUT2D eigenvalue weighted by Gasteiger charge is 2.16. The fourth-order valence-corrected chi connectivity index (χ4v) is 2.84. The van der Waals surface area contributed by atoms with Gasteiger partial charge in [-0.1, -0.05) is 0 Å². The van der Waals surface area contributed by atoms with Gasteiger partial charge in [-0.2, -0.15) is 0 Å². The first kappa shape index (κ1) is 16.0. The summed E-state index contributed by atoms with van der Waals surface area (Å²) < 4.78 is 18.1. The molecule has 0 aliphatic carbocycles. The molecule has 1 aromatic carbocycles. The van der Waals surface area contributed by atoms with Gasteiger partial charge in [0.25, 0.3) is 0 Å². The minimum Gasteiger partial charge on any atom is -0.493 e. The zero-order valence-electron chi connectivity index (χ0n) is 14.5. The molecule has 0 radical (unpaired) electrons. The van der Waals surface area contributed by atoms with Crippen LogP contribution in [-0.2, 0) is 6.54 Å². The molecule has 0 aliphatic rings. The predicted molar refractivity (Wildman–Crippen MR) is 97.6 cm³/mol. The van der Waals surface area contributed by atoms with Crippen molar-refractivity contribution in [3.05, 3.63) is 60.9 Å². The Kier molecular flexibility index (Phi) is 4.18. The number of ether oxygens (including phenoxy) is 2. The number of fused-ring (bicyclic) bond motifs is 1. The zero-order valence-corrected chi connectivity index (χ0v) is 14.5. The highest BCUT2D eigenvalue weighted by molar-refractivity contribution is 5.77. The fraction of sp³-hybridized carbons (Fsp3) is 0.158. The van der Waals surface area contributed by atoms with E-state index in [1.807, 2.05) is 40.9 Å². The van der Waals surface area contributed by atoms with Crippen LogP contribution in [0.4, 0.5) is 5.82 Å². The Morgan fingerprint density at radius 1 is 1.15 bits per heavy atom. The Morgan fingerprint density at radius 2 is 2.04 bits per heavy atom. The van der Waals surface area contributed by atoms with Crippen molar-refractivity contribution in [3.8, 4) is 22.8 Å². The van der Waals surface area contributed by atoms with Crippen molar-refractivity contribution in [2.45, 2.75) is 6.54 Å². The first-order chi connectivity index (χ1) is 12.8. The number of hydrogen-bond acceptors (Lipinski definition) is 6. The quantitative estimate of drug-likeness (QED) is 0.572. The molecule has 0 amide bonds. The number of nitrogens with zero attached hydrogens (tertiary/aromatic N) is 3. The number of nitrogens with one attached hydrogen (secondary N) is 1. The van der Waals surface area contributed by atoms with Gasteiger partial charge in [-0.25, -0.2) is 4.98 Å². The number of imidazole rings is 1. The van der Waals surface area contributed by atoms with Gasteiger partial charge >= 0.3 is 0 Å². The van der Waals surface area contributed by atoms with Crippen LogP contribution in [0.25, 0.3) is 16.9 Å². The second-order valence-electron chi connectivity index (χ2n) is 5.62. The number of furan rings is 1. The first-order valence-corrected chi connectivity index (χ1v) is 8.11. The van der Waals surface area contributed by atoms with Crippen molar-refractivity contribution in [2.24, 2.45) is 0 Å². The summed E-state index contributed by atoms with van der Waals surface area (Å²) in [6, 6.07) is 9.52. The minimum atomic E-state index is 0.545. The standard InChI is InChI=1S/C19H18N4O3/c1-24-15-6-5-13(10-16(15)25-2)18-19(21-11-14-4-3-9-26-14)23-8-7-20-12-17(23)22-18/h3-10,12,21H,11H2,1-2H3. The van der Waals surface area contributed by atoms with Gasteiger partial charge in [-0.15, -0.1) is 0 Å². The van der Waals surface area contributed by atoms with Gasteiger partial charge in [0.2, 0.25) is 0 Å². The lowest BCUT2D eigenvalue weighted by atomic mass is 10.1. The van der Waals surface area contributed by atoms with Gasteiger partial charge < -0.3 is 19.2 Å². The molecular weight excluding hydrogens is 332 g/mol. The molecule has 3 heterocycles. The molecule has 3 aromatic heterocycles. The van der Waals surface area contributed by atoms with Crippen molar-refractivity contribution in [1.29, 1.82) is 0 Å². The molecule has 0 unspecified atom stereocenters. The Morgan fingerprint density at radius 3 is 2.81 bits per heavy atom. The number of anilines is 1. The van der Waals surface area contributed by atoms with E-state index in [0.717, 1.165) is 28.5 Å². The summed E-state index contributed by atoms with van der Waals surface area (Å²) in [6.45, 7) is 0.545. The van der Waals surface area contributed by atoms with Gasteiger partial charge in [0.05, 0.1) is 33.2 Å². The van der Waals surface area contributed by atoms with Crippen molar-refractivity contribution in [3.63, 3.8) is 0 Å². The average molecular weight is 350 g/mol. The number of methoxy groups -OCH3 is 2. The molecule has 0 saturated heterocycles. The van der Waals surface area contributed by atoms with Gasteiger partial charge in [0.15, 0.2) is 17.1 Å². The van der Waals surface area contributed by atoms with Crippen molar-refractivity contribution in [1.82, 2.24) is 14.4 Å². The molecule has 0 bridgehead atoms. The summed E-state index contributed by atoms with van der Waals surface area (Å²) in [5.41, 5.74) is 2.46. The van der Waals surface area contributed by atoms with Crippen molar-refractivity contribution >= 4 is 11.5 Å². The van der Waals surface area contributed by atoms with Crippen LogP contribution in [0.15, 0.2) is 59.6 Å². The molecule has 0 saturated carbocycles. The lowest BCUT2D eigenvalue weighted by molar-refractivity contribution is 0.355. The Labute approximate surface area is 150 Å². The molecule has 4 rings (SSSR count). The topological polar surface area (TPSA) is 73.8 Å². The monoisotopic (exact) mass is 350 g/mol. The number of rotatable bonds is 6. The highest BCUT2D eigenvalue weighted by Crippen LogP contribution is 2.35.